The first-order chi connectivity index (χ1) is 17.0. The van der Waals surface area contributed by atoms with Gasteiger partial charge >= 0.3 is 5.97 Å². The van der Waals surface area contributed by atoms with Gasteiger partial charge in [-0.25, -0.2) is 8.78 Å². The Morgan fingerprint density at radius 2 is 2.03 bits per heavy atom. The maximum Gasteiger partial charge on any atom is 0.306 e. The fourth-order valence-electron chi connectivity index (χ4n) is 8.17. The second-order valence-corrected chi connectivity index (χ2v) is 11.6. The van der Waals surface area contributed by atoms with Crippen molar-refractivity contribution in [3.63, 3.8) is 0 Å². The highest BCUT2D eigenvalue weighted by Gasteiger charge is 2.78. The van der Waals surface area contributed by atoms with Crippen LogP contribution in [0.2, 0.25) is 0 Å². The van der Waals surface area contributed by atoms with E-state index in [9.17, 15) is 19.5 Å². The van der Waals surface area contributed by atoms with E-state index in [1.165, 1.54) is 12.2 Å². The van der Waals surface area contributed by atoms with Crippen LogP contribution >= 0.6 is 0 Å². The van der Waals surface area contributed by atoms with Gasteiger partial charge in [0, 0.05) is 35.3 Å². The number of hydrazone groups is 1. The molecule has 0 radical (unpaired) electrons. The average molecular weight is 505 g/mol. The Bertz CT molecular complexity index is 1090. The number of ether oxygens (including phenoxy) is 1. The summed E-state index contributed by atoms with van der Waals surface area (Å²) in [6, 6.07) is 0. The fourth-order valence-corrected chi connectivity index (χ4v) is 8.17. The van der Waals surface area contributed by atoms with Crippen LogP contribution in [0.15, 0.2) is 28.9 Å². The number of Topliss-reactive ketones (excluding diaryl/α,β-unsaturated/α-hetero) is 1. The van der Waals surface area contributed by atoms with Crippen molar-refractivity contribution in [3.05, 3.63) is 23.8 Å². The molecular weight excluding hydrogens is 470 g/mol. The predicted molar refractivity (Wildman–Crippen MR) is 127 cm³/mol. The van der Waals surface area contributed by atoms with Crippen molar-refractivity contribution in [2.45, 2.75) is 82.8 Å². The molecule has 4 aliphatic carbocycles. The molecule has 7 nitrogen and oxygen atoms in total. The number of hydrogen-bond donors (Lipinski definition) is 2. The maximum absolute atomic E-state index is 17.3. The molecule has 0 aromatic rings. The summed E-state index contributed by atoms with van der Waals surface area (Å²) in [4.78, 5) is 37.8. The number of carbonyl (C=O) groups excluding carboxylic acids is 3. The van der Waals surface area contributed by atoms with Crippen molar-refractivity contribution < 1.29 is 33.0 Å². The van der Waals surface area contributed by atoms with Gasteiger partial charge < -0.3 is 9.84 Å². The van der Waals surface area contributed by atoms with Gasteiger partial charge in [0.1, 0.15) is 11.7 Å². The van der Waals surface area contributed by atoms with E-state index >= 15 is 8.78 Å². The van der Waals surface area contributed by atoms with Crippen LogP contribution in [0.1, 0.15) is 59.3 Å². The van der Waals surface area contributed by atoms with Gasteiger partial charge in [-0.2, -0.15) is 5.10 Å². The number of nitrogens with zero attached hydrogens (tertiary/aromatic N) is 1. The molecule has 0 amide bonds. The monoisotopic (exact) mass is 504 g/mol. The van der Waals surface area contributed by atoms with Crippen LogP contribution in [0.3, 0.4) is 0 Å². The number of alkyl halides is 2. The summed E-state index contributed by atoms with van der Waals surface area (Å²) in [5.41, 5.74) is -2.89. The van der Waals surface area contributed by atoms with E-state index in [1.54, 1.807) is 13.1 Å². The number of halogens is 2. The third-order valence-electron chi connectivity index (χ3n) is 10.0. The van der Waals surface area contributed by atoms with Crippen LogP contribution in [-0.4, -0.2) is 58.9 Å². The molecule has 0 saturated heterocycles. The normalized spacial score (nSPS) is 46.2. The van der Waals surface area contributed by atoms with E-state index in [0.29, 0.717) is 12.8 Å². The summed E-state index contributed by atoms with van der Waals surface area (Å²) in [6.45, 7) is 4.90. The lowest BCUT2D eigenvalue weighted by Gasteiger charge is -2.63. The van der Waals surface area contributed by atoms with Crippen molar-refractivity contribution in [2.75, 3.05) is 6.61 Å². The summed E-state index contributed by atoms with van der Waals surface area (Å²) in [6.07, 6.45) is 4.24. The number of aliphatic hydroxyl groups is 1. The zero-order valence-corrected chi connectivity index (χ0v) is 20.9. The number of nitrogens with one attached hydrogen (secondary N) is 1. The van der Waals surface area contributed by atoms with Gasteiger partial charge in [-0.05, 0) is 56.3 Å². The lowest BCUT2D eigenvalue weighted by molar-refractivity contribution is -0.206. The molecule has 0 aromatic heterocycles. The number of unbranched alkanes of at least 4 members (excludes halogenated alkanes) is 1. The summed E-state index contributed by atoms with van der Waals surface area (Å²) in [5, 5.41) is 15.6. The number of ketones is 2. The second kappa shape index (κ2) is 8.30. The van der Waals surface area contributed by atoms with Gasteiger partial charge in [-0.1, -0.05) is 26.3 Å². The predicted octanol–water partition coefficient (Wildman–Crippen LogP) is 3.16. The highest BCUT2D eigenvalue weighted by atomic mass is 19.1. The number of esters is 1. The molecule has 2 N–H and O–H groups in total. The molecule has 3 saturated carbocycles. The summed E-state index contributed by atoms with van der Waals surface area (Å²) < 4.78 is 38.1. The lowest BCUT2D eigenvalue weighted by Crippen LogP contribution is -2.72. The number of aliphatic hydroxyl groups excluding tert-OH is 1. The molecule has 5 rings (SSSR count). The lowest BCUT2D eigenvalue weighted by atomic mass is 9.44. The Kier molecular flexibility index (Phi) is 5.82. The number of allylic oxidation sites excluding steroid dienone is 4. The highest BCUT2D eigenvalue weighted by Crippen LogP contribution is 2.71. The number of rotatable bonds is 6. The van der Waals surface area contributed by atoms with Gasteiger partial charge in [0.05, 0.1) is 6.10 Å². The largest absolute Gasteiger partial charge is 0.458 e. The van der Waals surface area contributed by atoms with Crippen molar-refractivity contribution in [1.82, 2.24) is 5.43 Å². The SMILES string of the molecule is CCCCC(=O)OCC(=O)[C@@]12NN=C[C@@H]1C[C@H]1[C@@H]3C[C@H](F)C4=CC(=O)C=C[C@]4(C)[C@@]3(F)[C@@H](O)C[C@@]12C. The van der Waals surface area contributed by atoms with E-state index < -0.39 is 70.4 Å². The molecule has 0 spiro atoms. The molecule has 36 heavy (non-hydrogen) atoms. The first kappa shape index (κ1) is 25.2. The van der Waals surface area contributed by atoms with Crippen LogP contribution < -0.4 is 5.43 Å². The topological polar surface area (TPSA) is 105 Å². The zero-order valence-electron chi connectivity index (χ0n) is 20.9. The minimum absolute atomic E-state index is 0.0609. The molecule has 196 valence electrons. The second-order valence-electron chi connectivity index (χ2n) is 11.6. The molecular formula is C27H34F2N2O5. The molecule has 0 unspecified atom stereocenters. The third kappa shape index (κ3) is 3.04. The Labute approximate surface area is 209 Å². The first-order valence-corrected chi connectivity index (χ1v) is 12.9. The Morgan fingerprint density at radius 3 is 2.75 bits per heavy atom. The van der Waals surface area contributed by atoms with Crippen LogP contribution in [0.5, 0.6) is 0 Å². The quantitative estimate of drug-likeness (QED) is 0.539. The number of fused-ring (bicyclic) bond motifs is 7. The van der Waals surface area contributed by atoms with Crippen LogP contribution in [0, 0.1) is 28.6 Å². The Balaban J connectivity index is 1.50. The summed E-state index contributed by atoms with van der Waals surface area (Å²) in [7, 11) is 0. The average Bonchev–Trinajstić information content (AvgIpc) is 3.36. The summed E-state index contributed by atoms with van der Waals surface area (Å²) in [5.74, 6) is -2.97. The third-order valence-corrected chi connectivity index (χ3v) is 10.0. The van der Waals surface area contributed by atoms with Crippen molar-refractivity contribution in [2.24, 2.45) is 33.7 Å². The van der Waals surface area contributed by atoms with Crippen LogP contribution in [0.25, 0.3) is 0 Å². The Morgan fingerprint density at radius 1 is 1.28 bits per heavy atom. The van der Waals surface area contributed by atoms with E-state index in [4.69, 9.17) is 4.74 Å². The zero-order chi connectivity index (χ0) is 26.1. The highest BCUT2D eigenvalue weighted by molar-refractivity contribution is 6.01. The van der Waals surface area contributed by atoms with E-state index in [-0.39, 0.29) is 30.6 Å². The van der Waals surface area contributed by atoms with Gasteiger partial charge in [-0.3, -0.25) is 19.8 Å². The molecule has 1 heterocycles. The van der Waals surface area contributed by atoms with E-state index in [2.05, 4.69) is 10.5 Å². The van der Waals surface area contributed by atoms with Crippen molar-refractivity contribution in [3.8, 4) is 0 Å². The van der Waals surface area contributed by atoms with Crippen molar-refractivity contribution in [1.29, 1.82) is 0 Å². The minimum atomic E-state index is -2.21. The van der Waals surface area contributed by atoms with Gasteiger partial charge in [0.15, 0.2) is 23.8 Å². The molecule has 9 heteroatoms. The van der Waals surface area contributed by atoms with Gasteiger partial charge in [-0.15, -0.1) is 0 Å². The standard InChI is InChI=1S/C27H34F2N2O5/c1-4-5-6-23(35)36-14-22(34)27-15(13-30-31-27)9-17-18-11-20(28)19-10-16(32)7-8-24(19,2)26(18,29)21(33)12-25(17,27)3/h7-8,10,13,15,17-18,20-21,31,33H,4-6,9,11-12,14H2,1-3H3/t15-,17-,18-,20-,21-,24-,25-,26-,27-/m0/s1. The smallest absolute Gasteiger partial charge is 0.306 e. The molecule has 0 bridgehead atoms. The molecule has 0 aromatic carbocycles. The molecule has 9 atom stereocenters. The number of hydrogen-bond acceptors (Lipinski definition) is 7. The van der Waals surface area contributed by atoms with E-state index in [0.717, 1.165) is 12.5 Å². The molecule has 1 aliphatic heterocycles. The van der Waals surface area contributed by atoms with Gasteiger partial charge in [0.25, 0.3) is 0 Å². The Hall–Kier alpha value is -2.42. The van der Waals surface area contributed by atoms with Gasteiger partial charge in [0.2, 0.25) is 0 Å². The first-order valence-electron chi connectivity index (χ1n) is 12.9. The van der Waals surface area contributed by atoms with E-state index in [1.807, 2.05) is 13.8 Å². The van der Waals surface area contributed by atoms with Crippen LogP contribution in [0.4, 0.5) is 8.78 Å². The maximum atomic E-state index is 17.3. The van der Waals surface area contributed by atoms with Crippen molar-refractivity contribution >= 4 is 23.8 Å². The minimum Gasteiger partial charge on any atom is -0.458 e. The molecule has 5 aliphatic rings. The molecule has 3 fully saturated rings. The summed E-state index contributed by atoms with van der Waals surface area (Å²) >= 11 is 0. The fraction of sp³-hybridized carbons (Fsp3) is 0.704. The van der Waals surface area contributed by atoms with Crippen LogP contribution in [-0.2, 0) is 19.1 Å². The number of carbonyl (C=O) groups is 3.